The van der Waals surface area contributed by atoms with Crippen molar-refractivity contribution in [3.63, 3.8) is 0 Å². The molecule has 0 atom stereocenters. The molecule has 4 heterocycles. The Morgan fingerprint density at radius 1 is 0.212 bits per heavy atom. The molecule has 0 saturated carbocycles. The lowest BCUT2D eigenvalue weighted by atomic mass is 9.31. The minimum atomic E-state index is -0.594. The van der Waals surface area contributed by atoms with Crippen LogP contribution in [0.1, 0.15) is 63.7 Å². The molecule has 0 bridgehead atoms. The van der Waals surface area contributed by atoms with Crippen LogP contribution in [-0.2, 0) is 45.4 Å². The summed E-state index contributed by atoms with van der Waals surface area (Å²) in [5.41, 5.74) is 30.4. The summed E-state index contributed by atoms with van der Waals surface area (Å²) in [4.78, 5) is 66.8. The highest BCUT2D eigenvalue weighted by atomic mass is 16.5. The van der Waals surface area contributed by atoms with E-state index in [-0.39, 0.29) is 26.4 Å². The Bertz CT molecular complexity index is 7430. The van der Waals surface area contributed by atoms with Gasteiger partial charge in [-0.15, -0.1) is 0 Å². The van der Waals surface area contributed by atoms with Crippen molar-refractivity contribution in [2.45, 2.75) is 26.4 Å². The molecular formula is C120H78B2N2O8. The lowest BCUT2D eigenvalue weighted by Crippen LogP contribution is -2.60. The predicted molar refractivity (Wildman–Crippen MR) is 535 cm³/mol. The predicted octanol–water partition coefficient (Wildman–Crippen LogP) is 24.6. The number of benzene rings is 20. The van der Waals surface area contributed by atoms with Gasteiger partial charge in [-0.3, -0.25) is 0 Å². The largest absolute Gasteiger partial charge is 0.457 e. The molecule has 4 aliphatic heterocycles. The number of para-hydroxylation sites is 2. The summed E-state index contributed by atoms with van der Waals surface area (Å²) in [5, 5.41) is 5.84. The summed E-state index contributed by atoms with van der Waals surface area (Å²) in [6, 6.07) is 146. The second-order valence-corrected chi connectivity index (χ2v) is 34.3. The zero-order valence-electron chi connectivity index (χ0n) is 71.6. The van der Waals surface area contributed by atoms with E-state index in [4.69, 9.17) is 18.9 Å². The van der Waals surface area contributed by atoms with Crippen LogP contribution in [0.5, 0.6) is 0 Å². The van der Waals surface area contributed by atoms with E-state index in [1.165, 1.54) is 0 Å². The van der Waals surface area contributed by atoms with Crippen LogP contribution in [0, 0.1) is 0 Å². The number of anilines is 6. The fourth-order valence-corrected chi connectivity index (χ4v) is 21.0. The molecule has 132 heavy (non-hydrogen) atoms. The first-order chi connectivity index (χ1) is 65.2. The highest BCUT2D eigenvalue weighted by molar-refractivity contribution is 7.02. The molecule has 0 radical (unpaired) electrons. The Kier molecular flexibility index (Phi) is 19.5. The van der Waals surface area contributed by atoms with Crippen LogP contribution in [0.2, 0.25) is 0 Å². The monoisotopic (exact) mass is 1700 g/mol. The molecular weight excluding hydrogens is 1620 g/mol. The van der Waals surface area contributed by atoms with Crippen molar-refractivity contribution in [1.29, 1.82) is 0 Å². The summed E-state index contributed by atoms with van der Waals surface area (Å²) >= 11 is 0. The average molecular weight is 1700 g/mol. The van der Waals surface area contributed by atoms with Crippen LogP contribution in [0.4, 0.5) is 34.1 Å². The number of hydrogen-bond donors (Lipinski definition) is 0. The Morgan fingerprint density at radius 2 is 0.485 bits per heavy atom. The molecule has 0 aromatic heterocycles. The quantitative estimate of drug-likeness (QED) is 0.0316. The van der Waals surface area contributed by atoms with Crippen LogP contribution in [0.3, 0.4) is 0 Å². The van der Waals surface area contributed by atoms with E-state index in [9.17, 15) is 0 Å². The van der Waals surface area contributed by atoms with Gasteiger partial charge >= 0.3 is 23.9 Å². The molecule has 622 valence electrons. The van der Waals surface area contributed by atoms with Gasteiger partial charge in [-0.05, 0) is 250 Å². The Morgan fingerprint density at radius 3 is 0.788 bits per heavy atom. The van der Waals surface area contributed by atoms with Gasteiger partial charge in [0.2, 0.25) is 13.4 Å². The van der Waals surface area contributed by atoms with Crippen molar-refractivity contribution in [3.05, 3.63) is 469 Å². The lowest BCUT2D eigenvalue weighted by Gasteiger charge is -2.42. The summed E-state index contributed by atoms with van der Waals surface area (Å²) in [6.07, 6.45) is 0. The SMILES string of the molecule is O=C(OCc1ccccc1)c1ccc2c(c1)N(c1ccccc1)c1cc(C(=O)OCc3ccccc3)cc3c1B2c1cc2c(-c4c(-c5ccccc5)cccc4-c4ccccc4)cc4c5c(cc6c(-c7c(-c8ccccc8)cccc7-c7ccccc7)cc-3c1c6c25)B1c2ccc(C(=O)OCc3ccccc3)cc2N(c2ccccc2)c2cc(C(=O)OCc3ccccc3)cc-4c21. The summed E-state index contributed by atoms with van der Waals surface area (Å²) < 4.78 is 25.7. The van der Waals surface area contributed by atoms with Crippen molar-refractivity contribution in [2.24, 2.45) is 0 Å². The molecule has 12 heteroatoms. The Labute approximate surface area is 764 Å². The number of hydrogen-bond acceptors (Lipinski definition) is 10. The van der Waals surface area contributed by atoms with Gasteiger partial charge in [0.1, 0.15) is 26.4 Å². The molecule has 0 spiro atoms. The van der Waals surface area contributed by atoms with Crippen molar-refractivity contribution in [2.75, 3.05) is 9.80 Å². The lowest BCUT2D eigenvalue weighted by molar-refractivity contribution is 0.0464. The third-order valence-electron chi connectivity index (χ3n) is 26.7. The summed E-state index contributed by atoms with van der Waals surface area (Å²) in [5.74, 6) is -2.01. The zero-order chi connectivity index (χ0) is 88.0. The number of ether oxygens (including phenoxy) is 4. The van der Waals surface area contributed by atoms with Crippen LogP contribution < -0.4 is 42.6 Å². The number of rotatable bonds is 20. The standard InChI is InChI=1S/C120H78B2N2O8/c125-117(129-71-75-33-11-1-12-34-75)83-57-59-101-105(63-83)123(87-49-27-9-28-50-87)107-65-85(119(127)131-73-77-37-15-3-16-38-77)61-99-95-67-94(110-91(81-45-23-7-24-46-81)55-32-56-92(110)82-47-25-8-26-48-82)98-70-104-112-96(68-93(97-69-103(121(101)115(99)107)111(95)113(98)114(97)112)109-89(79-41-19-5-20-42-79)53-31-54-90(109)80-43-21-6-22-44-80)100-62-86(120(128)132-74-78-39-17-4-18-40-78)66-108-116(100)122(104)102-60-58-84(118(126)130-72-76-35-13-2-14-36-76)64-106(102)124(108)88-51-29-10-30-52-88/h1-70H,71-74H2. The molecule has 0 amide bonds. The minimum absolute atomic E-state index is 0.0194. The second-order valence-electron chi connectivity index (χ2n) is 34.3. The molecule has 4 aliphatic rings. The number of fused-ring (bicyclic) bond motifs is 8. The number of nitrogens with zero attached hydrogens (tertiary/aromatic N) is 2. The highest BCUT2D eigenvalue weighted by Gasteiger charge is 2.48. The van der Waals surface area contributed by atoms with Gasteiger partial charge in [0.05, 0.1) is 22.3 Å². The molecule has 0 saturated heterocycles. The van der Waals surface area contributed by atoms with Crippen LogP contribution in [0.25, 0.3) is 121 Å². The fraction of sp³-hybridized carbons (Fsp3) is 0.0333. The first-order valence-corrected chi connectivity index (χ1v) is 44.7. The van der Waals surface area contributed by atoms with Gasteiger partial charge in [-0.2, -0.15) is 0 Å². The molecule has 20 aromatic rings. The van der Waals surface area contributed by atoms with E-state index in [2.05, 4.69) is 240 Å². The topological polar surface area (TPSA) is 112 Å². The van der Waals surface area contributed by atoms with Gasteiger partial charge in [0, 0.05) is 34.1 Å². The first kappa shape index (κ1) is 78.5. The van der Waals surface area contributed by atoms with Gasteiger partial charge < -0.3 is 28.7 Å². The first-order valence-electron chi connectivity index (χ1n) is 44.7. The minimum Gasteiger partial charge on any atom is -0.457 e. The normalized spacial score (nSPS) is 12.3. The van der Waals surface area contributed by atoms with Gasteiger partial charge in [0.15, 0.2) is 0 Å². The van der Waals surface area contributed by atoms with E-state index in [1.807, 2.05) is 194 Å². The maximum absolute atomic E-state index is 16.0. The maximum Gasteiger partial charge on any atom is 0.338 e. The van der Waals surface area contributed by atoms with E-state index in [0.717, 1.165) is 210 Å². The van der Waals surface area contributed by atoms with E-state index >= 15 is 19.2 Å². The maximum atomic E-state index is 16.0. The third kappa shape index (κ3) is 13.4. The van der Waals surface area contributed by atoms with Crippen LogP contribution in [-0.4, -0.2) is 37.3 Å². The molecule has 0 fully saturated rings. The van der Waals surface area contributed by atoms with Crippen LogP contribution >= 0.6 is 0 Å². The number of carbonyl (C=O) groups excluding carboxylic acids is 4. The Hall–Kier alpha value is -17.0. The van der Waals surface area contributed by atoms with Crippen molar-refractivity contribution in [1.82, 2.24) is 0 Å². The molecule has 0 unspecified atom stereocenters. The smallest absolute Gasteiger partial charge is 0.338 e. The molecule has 10 nitrogen and oxygen atoms in total. The van der Waals surface area contributed by atoms with Gasteiger partial charge in [-0.25, -0.2) is 19.2 Å². The van der Waals surface area contributed by atoms with E-state index in [0.29, 0.717) is 22.3 Å². The molecule has 0 N–H and O–H groups in total. The van der Waals surface area contributed by atoms with E-state index in [1.54, 1.807) is 0 Å². The molecule has 24 rings (SSSR count). The summed E-state index contributed by atoms with van der Waals surface area (Å²) in [6.45, 7) is -1.03. The average Bonchev–Trinajstić information content (AvgIpc) is 0.659. The molecule has 0 aliphatic carbocycles. The van der Waals surface area contributed by atoms with Gasteiger partial charge in [-0.1, -0.05) is 351 Å². The van der Waals surface area contributed by atoms with Crippen molar-refractivity contribution in [3.8, 4) is 89.0 Å². The van der Waals surface area contributed by atoms with E-state index < -0.39 is 37.3 Å². The Balaban J connectivity index is 0.889. The fourth-order valence-electron chi connectivity index (χ4n) is 21.0. The molecule has 20 aromatic carbocycles. The number of esters is 4. The van der Waals surface area contributed by atoms with Gasteiger partial charge in [0.25, 0.3) is 0 Å². The summed E-state index contributed by atoms with van der Waals surface area (Å²) in [7, 11) is 0. The zero-order valence-corrected chi connectivity index (χ0v) is 71.6. The highest BCUT2D eigenvalue weighted by Crippen LogP contribution is 2.56. The van der Waals surface area contributed by atoms with Crippen molar-refractivity contribution < 1.29 is 38.1 Å². The van der Waals surface area contributed by atoms with Crippen LogP contribution in [0.15, 0.2) is 425 Å². The second kappa shape index (κ2) is 32.7. The third-order valence-corrected chi connectivity index (χ3v) is 26.7. The van der Waals surface area contributed by atoms with Crippen molar-refractivity contribution >= 4 is 137 Å². The number of carbonyl (C=O) groups is 4.